The van der Waals surface area contributed by atoms with Crippen molar-refractivity contribution in [3.05, 3.63) is 54.1 Å². The molecule has 0 saturated heterocycles. The van der Waals surface area contributed by atoms with Crippen molar-refractivity contribution in [1.29, 1.82) is 0 Å². The average molecular weight is 333 g/mol. The van der Waals surface area contributed by atoms with Crippen LogP contribution in [0.1, 0.15) is 18.8 Å². The number of hydrogen-bond donors (Lipinski definition) is 1. The van der Waals surface area contributed by atoms with Crippen LogP contribution in [0.25, 0.3) is 16.7 Å². The van der Waals surface area contributed by atoms with Crippen LogP contribution >= 0.6 is 0 Å². The quantitative estimate of drug-likeness (QED) is 0.799. The maximum atomic E-state index is 13.6. The number of nitrogens with zero attached hydrogens (tertiary/aromatic N) is 2. The molecular formula is C16H16FN3O2S. The third-order valence-corrected chi connectivity index (χ3v) is 4.66. The molecule has 2 aromatic carbocycles. The third-order valence-electron chi connectivity index (χ3n) is 3.55. The maximum absolute atomic E-state index is 13.6. The highest BCUT2D eigenvalue weighted by Gasteiger charge is 2.17. The molecule has 5 nitrogen and oxygen atoms in total. The van der Waals surface area contributed by atoms with E-state index in [1.807, 2.05) is 0 Å². The number of aromatic nitrogens is 2. The van der Waals surface area contributed by atoms with Crippen LogP contribution in [0.3, 0.4) is 0 Å². The second-order valence-corrected chi connectivity index (χ2v) is 7.51. The molecule has 0 unspecified atom stereocenters. The third kappa shape index (κ3) is 2.85. The fourth-order valence-electron chi connectivity index (χ4n) is 2.50. The van der Waals surface area contributed by atoms with Gasteiger partial charge in [-0.15, -0.1) is 0 Å². The van der Waals surface area contributed by atoms with Gasteiger partial charge in [0.15, 0.2) is 9.84 Å². The number of rotatable bonds is 3. The smallest absolute Gasteiger partial charge is 0.175 e. The normalized spacial score (nSPS) is 13.4. The molecule has 0 spiro atoms. The first-order chi connectivity index (χ1) is 10.8. The first-order valence-corrected chi connectivity index (χ1v) is 8.90. The Balaban J connectivity index is 2.35. The zero-order chi connectivity index (χ0) is 16.8. The Kier molecular flexibility index (Phi) is 3.69. The lowest BCUT2D eigenvalue weighted by molar-refractivity contribution is 0.601. The Bertz CT molecular complexity index is 994. The molecule has 0 aliphatic carbocycles. The molecule has 7 heteroatoms. The van der Waals surface area contributed by atoms with Gasteiger partial charge < -0.3 is 5.73 Å². The molecule has 0 aliphatic rings. The molecule has 1 aromatic heterocycles. The summed E-state index contributed by atoms with van der Waals surface area (Å²) >= 11 is 0. The summed E-state index contributed by atoms with van der Waals surface area (Å²) in [6.07, 6.45) is 1.14. The van der Waals surface area contributed by atoms with Crippen LogP contribution in [0.4, 0.5) is 4.39 Å². The average Bonchev–Trinajstić information content (AvgIpc) is 2.85. The lowest BCUT2D eigenvalue weighted by Crippen LogP contribution is -2.12. The van der Waals surface area contributed by atoms with Gasteiger partial charge in [-0.1, -0.05) is 6.07 Å². The van der Waals surface area contributed by atoms with E-state index >= 15 is 0 Å². The molecule has 0 aliphatic heterocycles. The van der Waals surface area contributed by atoms with Gasteiger partial charge in [-0.3, -0.25) is 4.57 Å². The Morgan fingerprint density at radius 2 is 1.96 bits per heavy atom. The fraction of sp³-hybridized carbons (Fsp3) is 0.188. The van der Waals surface area contributed by atoms with Crippen LogP contribution in [-0.4, -0.2) is 24.2 Å². The van der Waals surface area contributed by atoms with Crippen LogP contribution in [0.5, 0.6) is 0 Å². The standard InChI is InChI=1S/C16H16FN3O2S/c1-10(18)16-19-14-7-6-11(17)8-15(14)20(16)12-4-3-5-13(9-12)23(2,21)22/h3-10H,18H2,1-2H3/t10-/m0/s1. The van der Waals surface area contributed by atoms with Gasteiger partial charge in [0.25, 0.3) is 0 Å². The zero-order valence-electron chi connectivity index (χ0n) is 12.7. The number of sulfone groups is 1. The van der Waals surface area contributed by atoms with Crippen molar-refractivity contribution in [2.24, 2.45) is 5.73 Å². The van der Waals surface area contributed by atoms with E-state index in [-0.39, 0.29) is 4.90 Å². The van der Waals surface area contributed by atoms with Crippen LogP contribution in [0.2, 0.25) is 0 Å². The summed E-state index contributed by atoms with van der Waals surface area (Å²) in [5.41, 5.74) is 7.70. The number of nitrogens with two attached hydrogens (primary N) is 1. The predicted octanol–water partition coefficient (Wildman–Crippen LogP) is 2.59. The van der Waals surface area contributed by atoms with Gasteiger partial charge in [-0.05, 0) is 37.3 Å². The zero-order valence-corrected chi connectivity index (χ0v) is 13.5. The van der Waals surface area contributed by atoms with Gasteiger partial charge in [0.1, 0.15) is 11.6 Å². The summed E-state index contributed by atoms with van der Waals surface area (Å²) in [6, 6.07) is 10.3. The van der Waals surface area contributed by atoms with Gasteiger partial charge >= 0.3 is 0 Å². The summed E-state index contributed by atoms with van der Waals surface area (Å²) in [5, 5.41) is 0. The lowest BCUT2D eigenvalue weighted by atomic mass is 10.2. The van der Waals surface area contributed by atoms with Crippen molar-refractivity contribution in [3.8, 4) is 5.69 Å². The van der Waals surface area contributed by atoms with Gasteiger partial charge in [0.05, 0.1) is 22.0 Å². The second kappa shape index (κ2) is 5.43. The van der Waals surface area contributed by atoms with E-state index in [2.05, 4.69) is 4.98 Å². The number of imidazole rings is 1. The molecule has 23 heavy (non-hydrogen) atoms. The highest BCUT2D eigenvalue weighted by molar-refractivity contribution is 7.90. The number of hydrogen-bond acceptors (Lipinski definition) is 4. The minimum absolute atomic E-state index is 0.184. The largest absolute Gasteiger partial charge is 0.322 e. The van der Waals surface area contributed by atoms with Crippen LogP contribution in [0, 0.1) is 5.82 Å². The summed E-state index contributed by atoms with van der Waals surface area (Å²) in [4.78, 5) is 4.63. The highest BCUT2D eigenvalue weighted by Crippen LogP contribution is 2.26. The van der Waals surface area contributed by atoms with E-state index in [9.17, 15) is 12.8 Å². The van der Waals surface area contributed by atoms with Crippen LogP contribution in [0.15, 0.2) is 47.4 Å². The lowest BCUT2D eigenvalue weighted by Gasteiger charge is -2.12. The summed E-state index contributed by atoms with van der Waals surface area (Å²) < 4.78 is 38.9. The van der Waals surface area contributed by atoms with E-state index in [0.717, 1.165) is 6.26 Å². The fourth-order valence-corrected chi connectivity index (χ4v) is 3.16. The molecule has 1 heterocycles. The van der Waals surface area contributed by atoms with Gasteiger partial charge in [0, 0.05) is 18.0 Å². The van der Waals surface area contributed by atoms with Crippen molar-refractivity contribution in [2.45, 2.75) is 17.9 Å². The Morgan fingerprint density at radius 1 is 1.22 bits per heavy atom. The van der Waals surface area contributed by atoms with E-state index in [4.69, 9.17) is 5.73 Å². The molecule has 3 rings (SSSR count). The number of benzene rings is 2. The van der Waals surface area contributed by atoms with Crippen molar-refractivity contribution < 1.29 is 12.8 Å². The Morgan fingerprint density at radius 3 is 2.61 bits per heavy atom. The predicted molar refractivity (Wildman–Crippen MR) is 86.7 cm³/mol. The molecule has 0 saturated carbocycles. The van der Waals surface area contributed by atoms with E-state index < -0.39 is 21.7 Å². The molecule has 2 N–H and O–H groups in total. The molecule has 120 valence electrons. The van der Waals surface area contributed by atoms with E-state index in [1.54, 1.807) is 29.7 Å². The number of halogens is 1. The monoisotopic (exact) mass is 333 g/mol. The van der Waals surface area contributed by atoms with Crippen molar-refractivity contribution in [2.75, 3.05) is 6.26 Å². The maximum Gasteiger partial charge on any atom is 0.175 e. The molecule has 0 fully saturated rings. The number of fused-ring (bicyclic) bond motifs is 1. The molecule has 0 amide bonds. The first-order valence-electron chi connectivity index (χ1n) is 7.01. The minimum Gasteiger partial charge on any atom is -0.322 e. The molecule has 3 aromatic rings. The topological polar surface area (TPSA) is 78.0 Å². The Hall–Kier alpha value is -2.25. The first kappa shape index (κ1) is 15.6. The van der Waals surface area contributed by atoms with Crippen molar-refractivity contribution >= 4 is 20.9 Å². The summed E-state index contributed by atoms with van der Waals surface area (Å²) in [5.74, 6) is 0.144. The molecular weight excluding hydrogens is 317 g/mol. The molecule has 0 radical (unpaired) electrons. The van der Waals surface area contributed by atoms with Gasteiger partial charge in [-0.25, -0.2) is 17.8 Å². The molecule has 0 bridgehead atoms. The van der Waals surface area contributed by atoms with E-state index in [0.29, 0.717) is 22.5 Å². The summed E-state index contributed by atoms with van der Waals surface area (Å²) in [7, 11) is -3.35. The van der Waals surface area contributed by atoms with Crippen LogP contribution < -0.4 is 5.73 Å². The van der Waals surface area contributed by atoms with Gasteiger partial charge in [0.2, 0.25) is 0 Å². The molecule has 1 atom stereocenters. The minimum atomic E-state index is -3.35. The summed E-state index contributed by atoms with van der Waals surface area (Å²) in [6.45, 7) is 1.77. The van der Waals surface area contributed by atoms with Gasteiger partial charge in [-0.2, -0.15) is 0 Å². The Labute approximate surface area is 133 Å². The van der Waals surface area contributed by atoms with Crippen molar-refractivity contribution in [1.82, 2.24) is 9.55 Å². The SMILES string of the molecule is C[C@H](N)c1nc2ccc(F)cc2n1-c1cccc(S(C)(=O)=O)c1. The van der Waals surface area contributed by atoms with E-state index in [1.165, 1.54) is 24.3 Å². The van der Waals surface area contributed by atoms with Crippen molar-refractivity contribution in [3.63, 3.8) is 0 Å². The van der Waals surface area contributed by atoms with Crippen LogP contribution in [-0.2, 0) is 9.84 Å². The second-order valence-electron chi connectivity index (χ2n) is 5.50. The highest BCUT2D eigenvalue weighted by atomic mass is 32.2.